The summed E-state index contributed by atoms with van der Waals surface area (Å²) in [6, 6.07) is 23.8. The SMILES string of the molecule is C=Cc1cccc(-c2cc(C)ccc2OCc2ccccc2)c1C1CCCCN1C. The van der Waals surface area contributed by atoms with Crippen LogP contribution in [0.5, 0.6) is 5.75 Å². The molecular weight excluding hydrogens is 366 g/mol. The van der Waals surface area contributed by atoms with E-state index in [1.54, 1.807) is 0 Å². The van der Waals surface area contributed by atoms with E-state index in [0.717, 1.165) is 12.3 Å². The van der Waals surface area contributed by atoms with E-state index in [2.05, 4.69) is 86.1 Å². The molecule has 0 amide bonds. The van der Waals surface area contributed by atoms with Crippen LogP contribution < -0.4 is 4.74 Å². The second-order valence-electron chi connectivity index (χ2n) is 8.28. The fourth-order valence-electron chi connectivity index (χ4n) is 4.52. The second-order valence-corrected chi connectivity index (χ2v) is 8.28. The number of aryl methyl sites for hydroxylation is 1. The summed E-state index contributed by atoms with van der Waals surface area (Å²) in [5.74, 6) is 0.936. The Labute approximate surface area is 180 Å². The van der Waals surface area contributed by atoms with Crippen molar-refractivity contribution in [1.29, 1.82) is 0 Å². The lowest BCUT2D eigenvalue weighted by molar-refractivity contribution is 0.187. The minimum Gasteiger partial charge on any atom is -0.488 e. The number of rotatable bonds is 6. The number of benzene rings is 3. The minimum atomic E-state index is 0.408. The highest BCUT2D eigenvalue weighted by molar-refractivity contribution is 5.78. The highest BCUT2D eigenvalue weighted by Gasteiger charge is 2.26. The Hall–Kier alpha value is -2.84. The van der Waals surface area contributed by atoms with Gasteiger partial charge in [-0.05, 0) is 67.7 Å². The number of likely N-dealkylation sites (tertiary alicyclic amines) is 1. The molecule has 0 aromatic heterocycles. The van der Waals surface area contributed by atoms with Crippen LogP contribution in [0, 0.1) is 6.92 Å². The van der Waals surface area contributed by atoms with E-state index in [4.69, 9.17) is 4.74 Å². The quantitative estimate of drug-likeness (QED) is 0.442. The zero-order valence-electron chi connectivity index (χ0n) is 18.1. The maximum absolute atomic E-state index is 6.34. The fourth-order valence-corrected chi connectivity index (χ4v) is 4.52. The third-order valence-corrected chi connectivity index (χ3v) is 6.13. The zero-order valence-corrected chi connectivity index (χ0v) is 18.1. The molecule has 1 heterocycles. The molecule has 3 aromatic rings. The van der Waals surface area contributed by atoms with E-state index in [1.807, 2.05) is 12.1 Å². The molecule has 4 rings (SSSR count). The van der Waals surface area contributed by atoms with Gasteiger partial charge >= 0.3 is 0 Å². The highest BCUT2D eigenvalue weighted by atomic mass is 16.5. The number of nitrogens with zero attached hydrogens (tertiary/aromatic N) is 1. The van der Waals surface area contributed by atoms with Gasteiger partial charge in [0.05, 0.1) is 0 Å². The summed E-state index contributed by atoms with van der Waals surface area (Å²) in [6.45, 7) is 7.97. The molecule has 1 atom stereocenters. The van der Waals surface area contributed by atoms with Crippen LogP contribution in [0.4, 0.5) is 0 Å². The third kappa shape index (κ3) is 4.34. The van der Waals surface area contributed by atoms with Gasteiger partial charge in [-0.2, -0.15) is 0 Å². The van der Waals surface area contributed by atoms with Crippen molar-refractivity contribution in [2.45, 2.75) is 38.8 Å². The maximum atomic E-state index is 6.34. The van der Waals surface area contributed by atoms with Crippen LogP contribution in [0.25, 0.3) is 17.2 Å². The van der Waals surface area contributed by atoms with E-state index in [9.17, 15) is 0 Å². The normalized spacial score (nSPS) is 16.9. The first-order valence-corrected chi connectivity index (χ1v) is 10.9. The van der Waals surface area contributed by atoms with E-state index >= 15 is 0 Å². The summed E-state index contributed by atoms with van der Waals surface area (Å²) in [4.78, 5) is 2.50. The summed E-state index contributed by atoms with van der Waals surface area (Å²) in [7, 11) is 2.25. The van der Waals surface area contributed by atoms with Crippen molar-refractivity contribution < 1.29 is 4.74 Å². The lowest BCUT2D eigenvalue weighted by Crippen LogP contribution is -2.30. The van der Waals surface area contributed by atoms with Gasteiger partial charge in [0.1, 0.15) is 12.4 Å². The molecule has 3 aromatic carbocycles. The van der Waals surface area contributed by atoms with E-state index in [1.165, 1.54) is 52.6 Å². The standard InChI is InChI=1S/C28H31NO/c1-4-23-13-10-14-24(28(23)26-15-8-9-18-29(26)3)25-19-21(2)16-17-27(25)30-20-22-11-6-5-7-12-22/h4-7,10-14,16-17,19,26H,1,8-9,15,18,20H2,2-3H3. The average molecular weight is 398 g/mol. The number of ether oxygens (including phenoxy) is 1. The Balaban J connectivity index is 1.78. The van der Waals surface area contributed by atoms with E-state index < -0.39 is 0 Å². The van der Waals surface area contributed by atoms with Crippen LogP contribution in [-0.4, -0.2) is 18.5 Å². The molecule has 0 N–H and O–H groups in total. The first-order chi connectivity index (χ1) is 14.7. The van der Waals surface area contributed by atoms with Crippen LogP contribution in [0.3, 0.4) is 0 Å². The summed E-state index contributed by atoms with van der Waals surface area (Å²) in [5.41, 5.74) is 7.45. The molecule has 2 heteroatoms. The van der Waals surface area contributed by atoms with Crippen LogP contribution in [0.1, 0.15) is 47.6 Å². The van der Waals surface area contributed by atoms with Crippen LogP contribution in [0.15, 0.2) is 73.3 Å². The van der Waals surface area contributed by atoms with Crippen LogP contribution >= 0.6 is 0 Å². The molecule has 0 radical (unpaired) electrons. The van der Waals surface area contributed by atoms with Crippen molar-refractivity contribution in [3.8, 4) is 16.9 Å². The molecule has 2 nitrogen and oxygen atoms in total. The molecule has 0 bridgehead atoms. The predicted octanol–water partition coefficient (Wildman–Crippen LogP) is 7.04. The van der Waals surface area contributed by atoms with E-state index in [-0.39, 0.29) is 0 Å². The highest BCUT2D eigenvalue weighted by Crippen LogP contribution is 2.42. The summed E-state index contributed by atoms with van der Waals surface area (Å²) < 4.78 is 6.34. The van der Waals surface area contributed by atoms with Crippen molar-refractivity contribution in [1.82, 2.24) is 4.90 Å². The minimum absolute atomic E-state index is 0.408. The number of hydrogen-bond donors (Lipinski definition) is 0. The average Bonchev–Trinajstić information content (AvgIpc) is 2.79. The molecule has 0 saturated carbocycles. The topological polar surface area (TPSA) is 12.5 Å². The lowest BCUT2D eigenvalue weighted by Gasteiger charge is -2.35. The smallest absolute Gasteiger partial charge is 0.127 e. The molecule has 1 aliphatic rings. The van der Waals surface area contributed by atoms with Gasteiger partial charge in [0.15, 0.2) is 0 Å². The van der Waals surface area contributed by atoms with Gasteiger partial charge < -0.3 is 4.74 Å². The van der Waals surface area contributed by atoms with Crippen molar-refractivity contribution >= 4 is 6.08 Å². The van der Waals surface area contributed by atoms with Crippen molar-refractivity contribution in [3.63, 3.8) is 0 Å². The molecule has 1 unspecified atom stereocenters. The molecule has 0 spiro atoms. The predicted molar refractivity (Wildman–Crippen MR) is 127 cm³/mol. The van der Waals surface area contributed by atoms with Crippen molar-refractivity contribution in [3.05, 3.63) is 95.6 Å². The van der Waals surface area contributed by atoms with Gasteiger partial charge in [-0.15, -0.1) is 0 Å². The number of hydrogen-bond acceptors (Lipinski definition) is 2. The Morgan fingerprint density at radius 1 is 1.00 bits per heavy atom. The first-order valence-electron chi connectivity index (χ1n) is 10.9. The molecule has 1 saturated heterocycles. The Morgan fingerprint density at radius 3 is 2.60 bits per heavy atom. The Morgan fingerprint density at radius 2 is 1.83 bits per heavy atom. The third-order valence-electron chi connectivity index (χ3n) is 6.13. The Bertz CT molecular complexity index is 1010. The van der Waals surface area contributed by atoms with Gasteiger partial charge in [-0.1, -0.05) is 79.2 Å². The lowest BCUT2D eigenvalue weighted by atomic mass is 9.85. The van der Waals surface area contributed by atoms with Gasteiger partial charge in [0.2, 0.25) is 0 Å². The van der Waals surface area contributed by atoms with Gasteiger partial charge in [0, 0.05) is 11.6 Å². The maximum Gasteiger partial charge on any atom is 0.127 e. The van der Waals surface area contributed by atoms with Gasteiger partial charge in [-0.3, -0.25) is 4.90 Å². The van der Waals surface area contributed by atoms with Gasteiger partial charge in [-0.25, -0.2) is 0 Å². The fraction of sp³-hybridized carbons (Fsp3) is 0.286. The first kappa shape index (κ1) is 20.4. The second kappa shape index (κ2) is 9.32. The molecule has 30 heavy (non-hydrogen) atoms. The largest absolute Gasteiger partial charge is 0.488 e. The molecular formula is C28H31NO. The Kier molecular flexibility index (Phi) is 6.35. The van der Waals surface area contributed by atoms with Crippen molar-refractivity contribution in [2.75, 3.05) is 13.6 Å². The summed E-state index contributed by atoms with van der Waals surface area (Å²) in [6.07, 6.45) is 5.72. The molecule has 154 valence electrons. The van der Waals surface area contributed by atoms with Crippen molar-refractivity contribution in [2.24, 2.45) is 0 Å². The van der Waals surface area contributed by atoms with Crippen LogP contribution in [0.2, 0.25) is 0 Å². The molecule has 0 aliphatic carbocycles. The number of piperidine rings is 1. The van der Waals surface area contributed by atoms with Gasteiger partial charge in [0.25, 0.3) is 0 Å². The zero-order chi connectivity index (χ0) is 20.9. The molecule has 1 fully saturated rings. The summed E-state index contributed by atoms with van der Waals surface area (Å²) >= 11 is 0. The monoisotopic (exact) mass is 397 g/mol. The molecule has 1 aliphatic heterocycles. The summed E-state index contributed by atoms with van der Waals surface area (Å²) in [5, 5.41) is 0. The van der Waals surface area contributed by atoms with E-state index in [0.29, 0.717) is 12.6 Å². The van der Waals surface area contributed by atoms with Crippen LogP contribution in [-0.2, 0) is 6.61 Å².